The minimum atomic E-state index is -4.36. The van der Waals surface area contributed by atoms with E-state index in [-0.39, 0.29) is 12.3 Å². The Morgan fingerprint density at radius 2 is 1.61 bits per heavy atom. The molecule has 0 atom stereocenters. The Morgan fingerprint density at radius 3 is 2.33 bits per heavy atom. The lowest BCUT2D eigenvalue weighted by molar-refractivity contribution is -0.137. The van der Waals surface area contributed by atoms with Gasteiger partial charge in [-0.25, -0.2) is 4.98 Å². The summed E-state index contributed by atoms with van der Waals surface area (Å²) in [4.78, 5) is 16.9. The minimum absolute atomic E-state index is 0.171. The van der Waals surface area contributed by atoms with E-state index in [0.717, 1.165) is 34.4 Å². The fraction of sp³-hybridized carbons (Fsp3) is 0.154. The van der Waals surface area contributed by atoms with E-state index in [0.29, 0.717) is 24.2 Å². The molecule has 0 aliphatic rings. The van der Waals surface area contributed by atoms with Crippen molar-refractivity contribution in [3.8, 4) is 0 Å². The molecule has 0 radical (unpaired) electrons. The Morgan fingerprint density at radius 1 is 0.848 bits per heavy atom. The molecule has 0 fully saturated rings. The molecule has 1 aromatic heterocycles. The fourth-order valence-electron chi connectivity index (χ4n) is 3.43. The number of benzene rings is 3. The number of alkyl halides is 3. The van der Waals surface area contributed by atoms with Gasteiger partial charge in [-0.15, -0.1) is 0 Å². The molecule has 0 aliphatic carbocycles. The summed E-state index contributed by atoms with van der Waals surface area (Å²) in [5.74, 6) is 0.558. The molecule has 0 bridgehead atoms. The average molecular weight is 449 g/mol. The highest BCUT2D eigenvalue weighted by Gasteiger charge is 2.29. The number of aryl methyl sites for hydroxylation is 1. The molecule has 4 aromatic rings. The molecule has 4 nitrogen and oxygen atoms in total. The van der Waals surface area contributed by atoms with Gasteiger partial charge in [-0.2, -0.15) is 13.2 Å². The number of fused-ring (bicyclic) bond motifs is 1. The Hall–Kier alpha value is -3.87. The van der Waals surface area contributed by atoms with Gasteiger partial charge in [0.1, 0.15) is 5.82 Å². The maximum Gasteiger partial charge on any atom is 0.416 e. The lowest BCUT2D eigenvalue weighted by Gasteiger charge is -2.10. The highest BCUT2D eigenvalue weighted by molar-refractivity contribution is 5.94. The molecule has 33 heavy (non-hydrogen) atoms. The van der Waals surface area contributed by atoms with Crippen molar-refractivity contribution in [3.63, 3.8) is 0 Å². The zero-order chi connectivity index (χ0) is 23.3. The Balaban J connectivity index is 1.33. The predicted molar refractivity (Wildman–Crippen MR) is 124 cm³/mol. The number of carbonyl (C=O) groups is 1. The number of carbonyl (C=O) groups excluding carboxylic acids is 1. The van der Waals surface area contributed by atoms with Gasteiger partial charge < -0.3 is 10.6 Å². The Labute approximate surface area is 189 Å². The van der Waals surface area contributed by atoms with Crippen LogP contribution in [-0.2, 0) is 23.9 Å². The SMILES string of the molecule is O=C(CCc1ccc(C(F)(F)F)cc1)Nc1ccc2nc(NCc3ccccc3)ccc2c1. The number of anilines is 2. The minimum Gasteiger partial charge on any atom is -0.366 e. The van der Waals surface area contributed by atoms with Gasteiger partial charge in [0.25, 0.3) is 0 Å². The highest BCUT2D eigenvalue weighted by Crippen LogP contribution is 2.29. The van der Waals surface area contributed by atoms with Crippen LogP contribution in [0.15, 0.2) is 84.9 Å². The van der Waals surface area contributed by atoms with E-state index in [2.05, 4.69) is 15.6 Å². The van der Waals surface area contributed by atoms with Crippen molar-refractivity contribution in [2.24, 2.45) is 0 Å². The van der Waals surface area contributed by atoms with Crippen LogP contribution in [0.25, 0.3) is 10.9 Å². The van der Waals surface area contributed by atoms with Crippen molar-refractivity contribution in [2.45, 2.75) is 25.6 Å². The first kappa shape index (κ1) is 22.3. The second-order valence-corrected chi connectivity index (χ2v) is 7.69. The lowest BCUT2D eigenvalue weighted by Crippen LogP contribution is -2.12. The lowest BCUT2D eigenvalue weighted by atomic mass is 10.1. The number of amides is 1. The first-order valence-corrected chi connectivity index (χ1v) is 10.5. The molecular formula is C26H22F3N3O. The van der Waals surface area contributed by atoms with Crippen LogP contribution in [0.3, 0.4) is 0 Å². The molecule has 0 saturated carbocycles. The summed E-state index contributed by atoms with van der Waals surface area (Å²) in [5.41, 5.74) is 2.59. The summed E-state index contributed by atoms with van der Waals surface area (Å²) < 4.78 is 37.9. The van der Waals surface area contributed by atoms with Crippen LogP contribution in [0, 0.1) is 0 Å². The van der Waals surface area contributed by atoms with Crippen molar-refractivity contribution in [1.29, 1.82) is 0 Å². The maximum atomic E-state index is 12.6. The monoisotopic (exact) mass is 449 g/mol. The molecule has 3 aromatic carbocycles. The summed E-state index contributed by atoms with van der Waals surface area (Å²) >= 11 is 0. The number of nitrogens with one attached hydrogen (secondary N) is 2. The maximum absolute atomic E-state index is 12.6. The number of halogens is 3. The van der Waals surface area contributed by atoms with E-state index < -0.39 is 11.7 Å². The second kappa shape index (κ2) is 9.73. The predicted octanol–water partition coefficient (Wildman–Crippen LogP) is 6.44. The van der Waals surface area contributed by atoms with E-state index in [1.54, 1.807) is 6.07 Å². The van der Waals surface area contributed by atoms with Crippen LogP contribution in [0.5, 0.6) is 0 Å². The summed E-state index contributed by atoms with van der Waals surface area (Å²) in [5, 5.41) is 7.03. The first-order chi connectivity index (χ1) is 15.9. The second-order valence-electron chi connectivity index (χ2n) is 7.69. The van der Waals surface area contributed by atoms with Gasteiger partial charge in [0.05, 0.1) is 11.1 Å². The number of hydrogen-bond donors (Lipinski definition) is 2. The van der Waals surface area contributed by atoms with Crippen LogP contribution in [0.1, 0.15) is 23.1 Å². The summed E-state index contributed by atoms with van der Waals surface area (Å²) in [7, 11) is 0. The number of hydrogen-bond acceptors (Lipinski definition) is 3. The third-order valence-electron chi connectivity index (χ3n) is 5.21. The highest BCUT2D eigenvalue weighted by atomic mass is 19.4. The average Bonchev–Trinajstić information content (AvgIpc) is 2.82. The van der Waals surface area contributed by atoms with E-state index in [1.165, 1.54) is 12.1 Å². The van der Waals surface area contributed by atoms with Crippen LogP contribution < -0.4 is 10.6 Å². The molecule has 0 spiro atoms. The normalized spacial score (nSPS) is 11.4. The standard InChI is InChI=1S/C26H22F3N3O/c27-26(28,29)21-10-6-18(7-11-21)8-15-25(33)31-22-12-13-23-20(16-22)9-14-24(32-23)30-17-19-4-2-1-3-5-19/h1-7,9-14,16H,8,15,17H2,(H,30,32)(H,31,33). The van der Waals surface area contributed by atoms with Crippen LogP contribution in [0.2, 0.25) is 0 Å². The molecule has 0 saturated heterocycles. The fourth-order valence-corrected chi connectivity index (χ4v) is 3.43. The summed E-state index contributed by atoms with van der Waals surface area (Å²) in [6.07, 6.45) is -3.83. The Kier molecular flexibility index (Phi) is 6.58. The molecule has 0 unspecified atom stereocenters. The van der Waals surface area contributed by atoms with Gasteiger partial charge in [0.15, 0.2) is 0 Å². The largest absolute Gasteiger partial charge is 0.416 e. The van der Waals surface area contributed by atoms with Gasteiger partial charge in [-0.1, -0.05) is 42.5 Å². The van der Waals surface area contributed by atoms with Crippen molar-refractivity contribution >= 4 is 28.3 Å². The number of nitrogens with zero attached hydrogens (tertiary/aromatic N) is 1. The van der Waals surface area contributed by atoms with Gasteiger partial charge >= 0.3 is 6.18 Å². The summed E-state index contributed by atoms with van der Waals surface area (Å²) in [6.45, 7) is 0.673. The Bertz CT molecular complexity index is 1240. The van der Waals surface area contributed by atoms with E-state index in [4.69, 9.17) is 0 Å². The molecule has 7 heteroatoms. The number of pyridine rings is 1. The van der Waals surface area contributed by atoms with Gasteiger partial charge in [0.2, 0.25) is 5.91 Å². The number of rotatable bonds is 7. The molecule has 0 aliphatic heterocycles. The van der Waals surface area contributed by atoms with Gasteiger partial charge in [-0.3, -0.25) is 4.79 Å². The topological polar surface area (TPSA) is 54.0 Å². The first-order valence-electron chi connectivity index (χ1n) is 10.5. The van der Waals surface area contributed by atoms with Crippen LogP contribution in [-0.4, -0.2) is 10.9 Å². The molecule has 168 valence electrons. The van der Waals surface area contributed by atoms with Gasteiger partial charge in [0, 0.05) is 24.0 Å². The van der Waals surface area contributed by atoms with E-state index in [1.807, 2.05) is 54.6 Å². The molecule has 1 amide bonds. The molecule has 1 heterocycles. The zero-order valence-electron chi connectivity index (χ0n) is 17.7. The third-order valence-corrected chi connectivity index (χ3v) is 5.21. The van der Waals surface area contributed by atoms with E-state index >= 15 is 0 Å². The van der Waals surface area contributed by atoms with Crippen molar-refractivity contribution in [3.05, 3.63) is 102 Å². The quantitative estimate of drug-likeness (QED) is 0.342. The van der Waals surface area contributed by atoms with Crippen molar-refractivity contribution in [2.75, 3.05) is 10.6 Å². The van der Waals surface area contributed by atoms with E-state index in [9.17, 15) is 18.0 Å². The summed E-state index contributed by atoms with van der Waals surface area (Å²) in [6, 6.07) is 24.2. The van der Waals surface area contributed by atoms with Crippen molar-refractivity contribution in [1.82, 2.24) is 4.98 Å². The molecular weight excluding hydrogens is 427 g/mol. The molecule has 2 N–H and O–H groups in total. The smallest absolute Gasteiger partial charge is 0.366 e. The number of aromatic nitrogens is 1. The molecule has 4 rings (SSSR count). The van der Waals surface area contributed by atoms with Crippen LogP contribution in [0.4, 0.5) is 24.7 Å². The van der Waals surface area contributed by atoms with Crippen LogP contribution >= 0.6 is 0 Å². The zero-order valence-corrected chi connectivity index (χ0v) is 17.7. The van der Waals surface area contributed by atoms with Gasteiger partial charge in [-0.05, 0) is 60.0 Å². The third kappa shape index (κ3) is 6.10. The van der Waals surface area contributed by atoms with Crippen molar-refractivity contribution < 1.29 is 18.0 Å².